The van der Waals surface area contributed by atoms with Crippen LogP contribution in [-0.2, 0) is 19.3 Å². The van der Waals surface area contributed by atoms with Crippen molar-refractivity contribution in [1.29, 1.82) is 0 Å². The maximum atomic E-state index is 12.8. The van der Waals surface area contributed by atoms with Gasteiger partial charge in [0.05, 0.1) is 5.56 Å². The molecule has 0 aliphatic heterocycles. The molecule has 20 heavy (non-hydrogen) atoms. The number of nitrogens with one attached hydrogen (secondary N) is 1. The number of benzene rings is 1. The van der Waals surface area contributed by atoms with Crippen LogP contribution in [0.15, 0.2) is 47.2 Å². The monoisotopic (exact) mass is 344 g/mol. The number of aromatic nitrogens is 1. The molecule has 0 fully saturated rings. The van der Waals surface area contributed by atoms with Gasteiger partial charge in [-0.25, -0.2) is 0 Å². The minimum Gasteiger partial charge on any atom is -0.309 e. The Labute approximate surface area is 123 Å². The van der Waals surface area contributed by atoms with Gasteiger partial charge >= 0.3 is 6.18 Å². The number of alkyl halides is 3. The van der Waals surface area contributed by atoms with Gasteiger partial charge in [0.25, 0.3) is 0 Å². The minimum absolute atomic E-state index is 0.155. The van der Waals surface area contributed by atoms with E-state index in [1.165, 1.54) is 12.1 Å². The highest BCUT2D eigenvalue weighted by atomic mass is 79.9. The van der Waals surface area contributed by atoms with Crippen LogP contribution in [0.5, 0.6) is 0 Å². The molecule has 0 aliphatic carbocycles. The first-order valence-corrected chi connectivity index (χ1v) is 6.71. The van der Waals surface area contributed by atoms with E-state index < -0.39 is 11.7 Å². The van der Waals surface area contributed by atoms with Crippen LogP contribution in [0.4, 0.5) is 13.2 Å². The van der Waals surface area contributed by atoms with E-state index >= 15 is 0 Å². The van der Waals surface area contributed by atoms with Crippen molar-refractivity contribution in [3.05, 3.63) is 63.9 Å². The third kappa shape index (κ3) is 4.05. The fourth-order valence-corrected chi connectivity index (χ4v) is 2.26. The summed E-state index contributed by atoms with van der Waals surface area (Å²) in [5.74, 6) is 0. The van der Waals surface area contributed by atoms with E-state index in [4.69, 9.17) is 0 Å². The molecule has 2 rings (SSSR count). The van der Waals surface area contributed by atoms with E-state index in [1.54, 1.807) is 18.5 Å². The van der Waals surface area contributed by atoms with Gasteiger partial charge in [0, 0.05) is 30.0 Å². The lowest BCUT2D eigenvalue weighted by atomic mass is 10.1. The van der Waals surface area contributed by atoms with Gasteiger partial charge in [-0.05, 0) is 39.2 Å². The molecule has 0 aliphatic rings. The van der Waals surface area contributed by atoms with Gasteiger partial charge in [-0.1, -0.05) is 18.2 Å². The summed E-state index contributed by atoms with van der Waals surface area (Å²) in [6, 6.07) is 7.44. The van der Waals surface area contributed by atoms with Crippen LogP contribution in [0.2, 0.25) is 0 Å². The molecule has 2 nitrogen and oxygen atoms in total. The van der Waals surface area contributed by atoms with Crippen LogP contribution in [0.1, 0.15) is 16.7 Å². The molecule has 0 spiro atoms. The van der Waals surface area contributed by atoms with Crippen molar-refractivity contribution in [3.63, 3.8) is 0 Å². The van der Waals surface area contributed by atoms with Crippen molar-refractivity contribution in [3.8, 4) is 0 Å². The van der Waals surface area contributed by atoms with Crippen LogP contribution in [-0.4, -0.2) is 4.98 Å². The molecule has 106 valence electrons. The Morgan fingerprint density at radius 3 is 2.55 bits per heavy atom. The first-order valence-electron chi connectivity index (χ1n) is 5.92. The topological polar surface area (TPSA) is 24.9 Å². The Hall–Kier alpha value is -1.40. The second kappa shape index (κ2) is 6.37. The van der Waals surface area contributed by atoms with Gasteiger partial charge in [0.15, 0.2) is 0 Å². The molecule has 0 bridgehead atoms. The zero-order valence-corrected chi connectivity index (χ0v) is 12.0. The fourth-order valence-electron chi connectivity index (χ4n) is 1.85. The Bertz CT molecular complexity index is 585. The van der Waals surface area contributed by atoms with Crippen molar-refractivity contribution in [1.82, 2.24) is 10.3 Å². The summed E-state index contributed by atoms with van der Waals surface area (Å²) in [4.78, 5) is 4.00. The van der Waals surface area contributed by atoms with Crippen LogP contribution < -0.4 is 5.32 Å². The van der Waals surface area contributed by atoms with E-state index in [1.807, 2.05) is 6.07 Å². The molecule has 0 saturated heterocycles. The largest absolute Gasteiger partial charge is 0.416 e. The second-order valence-corrected chi connectivity index (χ2v) is 5.19. The molecule has 1 aromatic heterocycles. The SMILES string of the molecule is FC(F)(F)c1ccccc1CNCc1cncc(Br)c1. The molecule has 1 N–H and O–H groups in total. The van der Waals surface area contributed by atoms with Gasteiger partial charge in [0.1, 0.15) is 0 Å². The number of hydrogen-bond donors (Lipinski definition) is 1. The van der Waals surface area contributed by atoms with Crippen LogP contribution in [0.25, 0.3) is 0 Å². The van der Waals surface area contributed by atoms with E-state index in [0.29, 0.717) is 6.54 Å². The molecule has 0 radical (unpaired) electrons. The maximum absolute atomic E-state index is 12.8. The molecular weight excluding hydrogens is 333 g/mol. The number of nitrogens with zero attached hydrogens (tertiary/aromatic N) is 1. The molecule has 0 saturated carbocycles. The molecule has 2 aromatic rings. The van der Waals surface area contributed by atoms with Crippen molar-refractivity contribution in [2.45, 2.75) is 19.3 Å². The number of hydrogen-bond acceptors (Lipinski definition) is 2. The van der Waals surface area contributed by atoms with Gasteiger partial charge in [-0.15, -0.1) is 0 Å². The van der Waals surface area contributed by atoms with Gasteiger partial charge in [-0.3, -0.25) is 4.98 Å². The normalized spacial score (nSPS) is 11.6. The number of rotatable bonds is 4. The molecule has 6 heteroatoms. The Balaban J connectivity index is 2.01. The average Bonchev–Trinajstić information content (AvgIpc) is 2.38. The Kier molecular flexibility index (Phi) is 4.77. The van der Waals surface area contributed by atoms with Gasteiger partial charge < -0.3 is 5.32 Å². The standard InChI is InChI=1S/C14H12BrF3N2/c15-12-5-10(7-20-9-12)6-19-8-11-3-1-2-4-13(11)14(16,17)18/h1-5,7,9,19H,6,8H2. The Morgan fingerprint density at radius 1 is 1.10 bits per heavy atom. The summed E-state index contributed by atoms with van der Waals surface area (Å²) in [6.07, 6.45) is -0.995. The van der Waals surface area contributed by atoms with Crippen molar-refractivity contribution >= 4 is 15.9 Å². The molecule has 0 unspecified atom stereocenters. The predicted molar refractivity (Wildman–Crippen MR) is 73.9 cm³/mol. The van der Waals surface area contributed by atoms with Crippen molar-refractivity contribution in [2.24, 2.45) is 0 Å². The van der Waals surface area contributed by atoms with E-state index in [9.17, 15) is 13.2 Å². The summed E-state index contributed by atoms with van der Waals surface area (Å²) in [5.41, 5.74) is 0.548. The summed E-state index contributed by atoms with van der Waals surface area (Å²) < 4.78 is 39.3. The zero-order valence-electron chi connectivity index (χ0n) is 10.4. The lowest BCUT2D eigenvalue weighted by molar-refractivity contribution is -0.138. The third-order valence-electron chi connectivity index (χ3n) is 2.73. The third-order valence-corrected chi connectivity index (χ3v) is 3.16. The molecular formula is C14H12BrF3N2. The highest BCUT2D eigenvalue weighted by molar-refractivity contribution is 9.10. The quantitative estimate of drug-likeness (QED) is 0.900. The summed E-state index contributed by atoms with van der Waals surface area (Å²) in [5, 5.41) is 3.00. The van der Waals surface area contributed by atoms with Gasteiger partial charge in [0.2, 0.25) is 0 Å². The average molecular weight is 345 g/mol. The Morgan fingerprint density at radius 2 is 1.85 bits per heavy atom. The fraction of sp³-hybridized carbons (Fsp3) is 0.214. The highest BCUT2D eigenvalue weighted by Crippen LogP contribution is 2.31. The molecule has 0 atom stereocenters. The number of pyridine rings is 1. The first-order chi connectivity index (χ1) is 9.47. The van der Waals surface area contributed by atoms with E-state index in [-0.39, 0.29) is 12.1 Å². The lowest BCUT2D eigenvalue weighted by Crippen LogP contribution is -2.17. The predicted octanol–water partition coefficient (Wildman–Crippen LogP) is 4.15. The lowest BCUT2D eigenvalue weighted by Gasteiger charge is -2.13. The molecule has 1 aromatic carbocycles. The van der Waals surface area contributed by atoms with Crippen LogP contribution in [0, 0.1) is 0 Å². The van der Waals surface area contributed by atoms with Crippen molar-refractivity contribution < 1.29 is 13.2 Å². The second-order valence-electron chi connectivity index (χ2n) is 4.27. The summed E-state index contributed by atoms with van der Waals surface area (Å²) >= 11 is 3.30. The molecule has 1 heterocycles. The molecule has 0 amide bonds. The summed E-state index contributed by atoms with van der Waals surface area (Å²) in [6.45, 7) is 0.612. The smallest absolute Gasteiger partial charge is 0.309 e. The zero-order chi connectivity index (χ0) is 14.6. The summed E-state index contributed by atoms with van der Waals surface area (Å²) in [7, 11) is 0. The minimum atomic E-state index is -4.32. The van der Waals surface area contributed by atoms with Crippen LogP contribution in [0.3, 0.4) is 0 Å². The number of halogens is 4. The van der Waals surface area contributed by atoms with E-state index in [2.05, 4.69) is 26.2 Å². The van der Waals surface area contributed by atoms with Gasteiger partial charge in [-0.2, -0.15) is 13.2 Å². The highest BCUT2D eigenvalue weighted by Gasteiger charge is 2.32. The first kappa shape index (κ1) is 15.0. The maximum Gasteiger partial charge on any atom is 0.416 e. The van der Waals surface area contributed by atoms with E-state index in [0.717, 1.165) is 16.1 Å². The van der Waals surface area contributed by atoms with Crippen LogP contribution >= 0.6 is 15.9 Å². The van der Waals surface area contributed by atoms with Crippen molar-refractivity contribution in [2.75, 3.05) is 0 Å².